The number of carboxylic acids is 1. The maximum Gasteiger partial charge on any atom is 0.387 e. The maximum atomic E-state index is 13.7. The Morgan fingerprint density at radius 3 is 2.58 bits per heavy atom. The van der Waals surface area contributed by atoms with E-state index in [9.17, 15) is 28.1 Å². The summed E-state index contributed by atoms with van der Waals surface area (Å²) in [6.45, 7) is -3.45. The Labute approximate surface area is 103 Å². The molecule has 0 aliphatic heterocycles. The summed E-state index contributed by atoms with van der Waals surface area (Å²) in [5.74, 6) is -4.08. The Bertz CT molecular complexity index is 544. The van der Waals surface area contributed by atoms with Crippen LogP contribution in [0.4, 0.5) is 18.9 Å². The molecule has 0 heterocycles. The van der Waals surface area contributed by atoms with Gasteiger partial charge in [-0.25, -0.2) is 9.18 Å². The molecule has 19 heavy (non-hydrogen) atoms. The van der Waals surface area contributed by atoms with Gasteiger partial charge >= 0.3 is 18.3 Å². The van der Waals surface area contributed by atoms with Crippen molar-refractivity contribution in [3.05, 3.63) is 39.7 Å². The van der Waals surface area contributed by atoms with Gasteiger partial charge in [-0.1, -0.05) is 0 Å². The highest BCUT2D eigenvalue weighted by molar-refractivity contribution is 5.85. The van der Waals surface area contributed by atoms with Gasteiger partial charge in [-0.3, -0.25) is 10.1 Å². The normalized spacial score (nSPS) is 10.9. The van der Waals surface area contributed by atoms with Crippen LogP contribution in [0.3, 0.4) is 0 Å². The SMILES string of the molecule is O=C(O)/C=C/c1ccc([N+](=O)[O-])c(OC(F)F)c1F. The molecule has 0 saturated heterocycles. The van der Waals surface area contributed by atoms with Crippen LogP contribution < -0.4 is 4.74 Å². The van der Waals surface area contributed by atoms with Crippen LogP contribution in [0.1, 0.15) is 5.56 Å². The lowest BCUT2D eigenvalue weighted by Gasteiger charge is -2.07. The molecule has 102 valence electrons. The fourth-order valence-electron chi connectivity index (χ4n) is 1.20. The molecule has 0 aromatic heterocycles. The number of halogens is 3. The Morgan fingerprint density at radius 2 is 2.11 bits per heavy atom. The van der Waals surface area contributed by atoms with Crippen LogP contribution in [0.5, 0.6) is 5.75 Å². The zero-order chi connectivity index (χ0) is 14.6. The summed E-state index contributed by atoms with van der Waals surface area (Å²) in [5.41, 5.74) is -1.41. The van der Waals surface area contributed by atoms with E-state index in [1.54, 1.807) is 0 Å². The predicted molar refractivity (Wildman–Crippen MR) is 56.4 cm³/mol. The van der Waals surface area contributed by atoms with E-state index in [-0.39, 0.29) is 0 Å². The van der Waals surface area contributed by atoms with Gasteiger partial charge in [0, 0.05) is 17.7 Å². The highest BCUT2D eigenvalue weighted by Gasteiger charge is 2.24. The van der Waals surface area contributed by atoms with Crippen molar-refractivity contribution in [2.45, 2.75) is 6.61 Å². The monoisotopic (exact) mass is 277 g/mol. The number of hydrogen-bond donors (Lipinski definition) is 1. The van der Waals surface area contributed by atoms with Gasteiger partial charge in [-0.2, -0.15) is 8.78 Å². The zero-order valence-electron chi connectivity index (χ0n) is 9.05. The van der Waals surface area contributed by atoms with E-state index >= 15 is 0 Å². The number of hydrogen-bond acceptors (Lipinski definition) is 4. The zero-order valence-corrected chi connectivity index (χ0v) is 9.05. The van der Waals surface area contributed by atoms with E-state index in [1.807, 2.05) is 0 Å². The average molecular weight is 277 g/mol. The van der Waals surface area contributed by atoms with Crippen molar-refractivity contribution in [1.82, 2.24) is 0 Å². The molecule has 0 unspecified atom stereocenters. The number of rotatable bonds is 5. The number of carbonyl (C=O) groups is 1. The molecular weight excluding hydrogens is 271 g/mol. The van der Waals surface area contributed by atoms with E-state index in [0.717, 1.165) is 18.2 Å². The molecule has 0 bridgehead atoms. The molecule has 1 N–H and O–H groups in total. The third-order valence-electron chi connectivity index (χ3n) is 1.92. The number of ether oxygens (including phenoxy) is 1. The van der Waals surface area contributed by atoms with Crippen LogP contribution in [-0.4, -0.2) is 22.6 Å². The second-order valence-electron chi connectivity index (χ2n) is 3.12. The topological polar surface area (TPSA) is 89.7 Å². The highest BCUT2D eigenvalue weighted by atomic mass is 19.3. The largest absolute Gasteiger partial charge is 0.478 e. The molecule has 0 radical (unpaired) electrons. The van der Waals surface area contributed by atoms with Crippen LogP contribution in [-0.2, 0) is 4.79 Å². The quantitative estimate of drug-likeness (QED) is 0.507. The lowest BCUT2D eigenvalue weighted by molar-refractivity contribution is -0.386. The van der Waals surface area contributed by atoms with Gasteiger partial charge in [-0.15, -0.1) is 0 Å². The second kappa shape index (κ2) is 5.85. The van der Waals surface area contributed by atoms with Gasteiger partial charge in [-0.05, 0) is 12.1 Å². The summed E-state index contributed by atoms with van der Waals surface area (Å²) in [4.78, 5) is 19.7. The standard InChI is InChI=1S/C10H6F3NO5/c11-8-5(2-4-7(15)16)1-3-6(14(17)18)9(8)19-10(12)13/h1-4,10H,(H,15,16)/b4-2+. The fraction of sp³-hybridized carbons (Fsp3) is 0.100. The number of nitrogens with zero attached hydrogens (tertiary/aromatic N) is 1. The van der Waals surface area contributed by atoms with Crippen LogP contribution in [0.25, 0.3) is 6.08 Å². The molecule has 0 aliphatic carbocycles. The van der Waals surface area contributed by atoms with Crippen molar-refractivity contribution in [2.75, 3.05) is 0 Å². The summed E-state index contributed by atoms with van der Waals surface area (Å²) >= 11 is 0. The fourth-order valence-corrected chi connectivity index (χ4v) is 1.20. The molecule has 0 atom stereocenters. The van der Waals surface area contributed by atoms with Gasteiger partial charge in [0.15, 0.2) is 5.82 Å². The summed E-state index contributed by atoms with van der Waals surface area (Å²) in [7, 11) is 0. The molecule has 6 nitrogen and oxygen atoms in total. The molecule has 0 saturated carbocycles. The average Bonchev–Trinajstić information content (AvgIpc) is 2.29. The van der Waals surface area contributed by atoms with Crippen LogP contribution in [0.15, 0.2) is 18.2 Å². The number of benzene rings is 1. The first-order valence-corrected chi connectivity index (χ1v) is 4.65. The number of carboxylic acid groups (broad SMARTS) is 1. The smallest absolute Gasteiger partial charge is 0.387 e. The summed E-state index contributed by atoms with van der Waals surface area (Å²) in [6.07, 6.45) is 1.32. The first-order valence-electron chi connectivity index (χ1n) is 4.65. The molecule has 0 spiro atoms. The number of alkyl halides is 2. The Kier molecular flexibility index (Phi) is 4.46. The third kappa shape index (κ3) is 3.69. The van der Waals surface area contributed by atoms with E-state index in [1.165, 1.54) is 0 Å². The third-order valence-corrected chi connectivity index (χ3v) is 1.92. The molecular formula is C10H6F3NO5. The number of nitro benzene ring substituents is 1. The molecule has 0 fully saturated rings. The number of nitro groups is 1. The van der Waals surface area contributed by atoms with Crippen molar-refractivity contribution < 1.29 is 32.7 Å². The van der Waals surface area contributed by atoms with Gasteiger partial charge in [0.25, 0.3) is 0 Å². The second-order valence-corrected chi connectivity index (χ2v) is 3.12. The summed E-state index contributed by atoms with van der Waals surface area (Å²) in [6, 6.07) is 1.62. The lowest BCUT2D eigenvalue weighted by Crippen LogP contribution is -2.07. The predicted octanol–water partition coefficient (Wildman–Crippen LogP) is 2.43. The summed E-state index contributed by atoms with van der Waals surface area (Å²) < 4.78 is 41.6. The van der Waals surface area contributed by atoms with Gasteiger partial charge in [0.2, 0.25) is 5.75 Å². The molecule has 0 amide bonds. The van der Waals surface area contributed by atoms with Crippen molar-refractivity contribution in [2.24, 2.45) is 0 Å². The van der Waals surface area contributed by atoms with E-state index < -0.39 is 40.3 Å². The Morgan fingerprint density at radius 1 is 1.47 bits per heavy atom. The van der Waals surface area contributed by atoms with Crippen molar-refractivity contribution >= 4 is 17.7 Å². The van der Waals surface area contributed by atoms with Crippen molar-refractivity contribution in [1.29, 1.82) is 0 Å². The minimum Gasteiger partial charge on any atom is -0.478 e. The van der Waals surface area contributed by atoms with E-state index in [0.29, 0.717) is 6.08 Å². The molecule has 1 aromatic carbocycles. The summed E-state index contributed by atoms with van der Waals surface area (Å²) in [5, 5.41) is 18.9. The van der Waals surface area contributed by atoms with Crippen molar-refractivity contribution in [3.63, 3.8) is 0 Å². The first kappa shape index (κ1) is 14.5. The minimum absolute atomic E-state index is 0.427. The number of aliphatic carboxylic acids is 1. The van der Waals surface area contributed by atoms with Crippen LogP contribution in [0, 0.1) is 15.9 Å². The van der Waals surface area contributed by atoms with Crippen LogP contribution >= 0.6 is 0 Å². The van der Waals surface area contributed by atoms with Gasteiger partial charge in [0.1, 0.15) is 0 Å². The van der Waals surface area contributed by atoms with Gasteiger partial charge < -0.3 is 9.84 Å². The molecule has 1 aromatic rings. The van der Waals surface area contributed by atoms with Gasteiger partial charge in [0.05, 0.1) is 4.92 Å². The van der Waals surface area contributed by atoms with E-state index in [4.69, 9.17) is 5.11 Å². The molecule has 1 rings (SSSR count). The molecule has 9 heteroatoms. The minimum atomic E-state index is -3.45. The lowest BCUT2D eigenvalue weighted by atomic mass is 10.1. The Hall–Kier alpha value is -2.58. The molecule has 0 aliphatic rings. The first-order chi connectivity index (χ1) is 8.82. The highest BCUT2D eigenvalue weighted by Crippen LogP contribution is 2.33. The maximum absolute atomic E-state index is 13.7. The Balaban J connectivity index is 3.32. The van der Waals surface area contributed by atoms with E-state index in [2.05, 4.69) is 4.74 Å². The van der Waals surface area contributed by atoms with Crippen molar-refractivity contribution in [3.8, 4) is 5.75 Å². The van der Waals surface area contributed by atoms with Crippen LogP contribution in [0.2, 0.25) is 0 Å².